The second-order valence-corrected chi connectivity index (χ2v) is 9.80. The standard InChI is InChI=1S/C26H36N2OS/c1-4-5-26(20-12-14-27-15-13-20)29-22-8-11-24-21(16-22)17-28(2)18-25(24)19-6-9-23(30-3)10-7-19/h6-11,16,20,25-27H,4-5,12-15,17-18H2,1-3H3. The Balaban J connectivity index is 1.55. The summed E-state index contributed by atoms with van der Waals surface area (Å²) in [5, 5.41) is 3.49. The van der Waals surface area contributed by atoms with E-state index in [2.05, 4.69) is 72.9 Å². The van der Waals surface area contributed by atoms with Crippen molar-refractivity contribution in [2.24, 2.45) is 5.92 Å². The van der Waals surface area contributed by atoms with Gasteiger partial charge < -0.3 is 15.0 Å². The highest BCUT2D eigenvalue weighted by molar-refractivity contribution is 7.98. The number of fused-ring (bicyclic) bond motifs is 1. The Morgan fingerprint density at radius 1 is 1.13 bits per heavy atom. The summed E-state index contributed by atoms with van der Waals surface area (Å²) in [5.41, 5.74) is 4.29. The van der Waals surface area contributed by atoms with Gasteiger partial charge in [-0.25, -0.2) is 0 Å². The van der Waals surface area contributed by atoms with Crippen LogP contribution in [0.1, 0.15) is 55.2 Å². The van der Waals surface area contributed by atoms with Gasteiger partial charge in [-0.3, -0.25) is 0 Å². The molecular formula is C26H36N2OS. The highest BCUT2D eigenvalue weighted by atomic mass is 32.2. The van der Waals surface area contributed by atoms with Crippen LogP contribution in [0.3, 0.4) is 0 Å². The van der Waals surface area contributed by atoms with E-state index in [1.54, 1.807) is 11.8 Å². The minimum atomic E-state index is 0.339. The zero-order valence-electron chi connectivity index (χ0n) is 18.7. The highest BCUT2D eigenvalue weighted by Gasteiger charge is 2.27. The van der Waals surface area contributed by atoms with Crippen molar-refractivity contribution in [1.82, 2.24) is 10.2 Å². The first-order valence-corrected chi connectivity index (χ1v) is 12.7. The van der Waals surface area contributed by atoms with Crippen LogP contribution >= 0.6 is 11.8 Å². The zero-order valence-corrected chi connectivity index (χ0v) is 19.5. The van der Waals surface area contributed by atoms with Gasteiger partial charge in [-0.1, -0.05) is 31.5 Å². The van der Waals surface area contributed by atoms with Crippen LogP contribution in [0.25, 0.3) is 0 Å². The van der Waals surface area contributed by atoms with Crippen molar-refractivity contribution < 1.29 is 4.74 Å². The van der Waals surface area contributed by atoms with E-state index >= 15 is 0 Å². The minimum Gasteiger partial charge on any atom is -0.490 e. The molecule has 1 fully saturated rings. The molecule has 0 spiro atoms. The fourth-order valence-corrected chi connectivity index (χ4v) is 5.49. The molecule has 3 nitrogen and oxygen atoms in total. The summed E-state index contributed by atoms with van der Waals surface area (Å²) < 4.78 is 6.62. The Morgan fingerprint density at radius 2 is 1.90 bits per heavy atom. The maximum absolute atomic E-state index is 6.62. The number of likely N-dealkylation sites (N-methyl/N-ethyl adjacent to an activating group) is 1. The maximum atomic E-state index is 6.62. The molecule has 0 aromatic heterocycles. The molecule has 0 aliphatic carbocycles. The number of rotatable bonds is 7. The smallest absolute Gasteiger partial charge is 0.120 e. The fraction of sp³-hybridized carbons (Fsp3) is 0.538. The van der Waals surface area contributed by atoms with Crippen molar-refractivity contribution in [2.45, 2.75) is 56.1 Å². The molecular weight excluding hydrogens is 388 g/mol. The van der Waals surface area contributed by atoms with Crippen molar-refractivity contribution in [3.05, 3.63) is 59.2 Å². The number of nitrogens with one attached hydrogen (secondary N) is 1. The molecule has 2 aromatic rings. The number of ether oxygens (including phenoxy) is 1. The van der Waals surface area contributed by atoms with E-state index in [4.69, 9.17) is 4.74 Å². The number of thioether (sulfide) groups is 1. The predicted molar refractivity (Wildman–Crippen MR) is 128 cm³/mol. The lowest BCUT2D eigenvalue weighted by Gasteiger charge is -2.34. The second kappa shape index (κ2) is 10.2. The van der Waals surface area contributed by atoms with E-state index in [1.807, 2.05) is 0 Å². The van der Waals surface area contributed by atoms with E-state index in [0.717, 1.165) is 38.3 Å². The van der Waals surface area contributed by atoms with Crippen LogP contribution < -0.4 is 10.1 Å². The minimum absolute atomic E-state index is 0.339. The van der Waals surface area contributed by atoms with Crippen molar-refractivity contribution in [3.63, 3.8) is 0 Å². The lowest BCUT2D eigenvalue weighted by Crippen LogP contribution is -2.37. The number of hydrogen-bond acceptors (Lipinski definition) is 4. The molecule has 1 saturated heterocycles. The van der Waals surface area contributed by atoms with Gasteiger partial charge in [0, 0.05) is 23.9 Å². The lowest BCUT2D eigenvalue weighted by molar-refractivity contribution is 0.103. The number of nitrogens with zero attached hydrogens (tertiary/aromatic N) is 1. The predicted octanol–water partition coefficient (Wildman–Crippen LogP) is 5.53. The van der Waals surface area contributed by atoms with Gasteiger partial charge in [0.1, 0.15) is 11.9 Å². The molecule has 30 heavy (non-hydrogen) atoms. The first-order chi connectivity index (χ1) is 14.7. The van der Waals surface area contributed by atoms with E-state index in [-0.39, 0.29) is 0 Å². The monoisotopic (exact) mass is 424 g/mol. The summed E-state index contributed by atoms with van der Waals surface area (Å²) in [6, 6.07) is 16.0. The Labute approximate surface area is 186 Å². The van der Waals surface area contributed by atoms with Gasteiger partial charge in [-0.05, 0) is 92.5 Å². The molecule has 4 rings (SSSR count). The van der Waals surface area contributed by atoms with Crippen LogP contribution in [0.15, 0.2) is 47.4 Å². The Bertz CT molecular complexity index is 816. The largest absolute Gasteiger partial charge is 0.490 e. The van der Waals surface area contributed by atoms with Crippen molar-refractivity contribution in [1.29, 1.82) is 0 Å². The van der Waals surface area contributed by atoms with Crippen molar-refractivity contribution in [2.75, 3.05) is 32.9 Å². The Kier molecular flexibility index (Phi) is 7.40. The summed E-state index contributed by atoms with van der Waals surface area (Å²) in [7, 11) is 2.23. The van der Waals surface area contributed by atoms with Gasteiger partial charge in [0.15, 0.2) is 0 Å². The van der Waals surface area contributed by atoms with Crippen LogP contribution in [-0.2, 0) is 6.54 Å². The van der Waals surface area contributed by atoms with Crippen LogP contribution in [0.2, 0.25) is 0 Å². The molecule has 2 unspecified atom stereocenters. The third-order valence-corrected chi connectivity index (χ3v) is 7.46. The number of benzene rings is 2. The van der Waals surface area contributed by atoms with E-state index < -0.39 is 0 Å². The molecule has 2 atom stereocenters. The van der Waals surface area contributed by atoms with E-state index in [1.165, 1.54) is 40.8 Å². The Morgan fingerprint density at radius 3 is 2.60 bits per heavy atom. The SMILES string of the molecule is CCCC(Oc1ccc2c(c1)CN(C)CC2c1ccc(SC)cc1)C1CCNCC1. The molecule has 2 aliphatic heterocycles. The fourth-order valence-electron chi connectivity index (χ4n) is 5.09. The lowest BCUT2D eigenvalue weighted by atomic mass is 9.84. The molecule has 2 heterocycles. The number of hydrogen-bond donors (Lipinski definition) is 1. The summed E-state index contributed by atoms with van der Waals surface area (Å²) >= 11 is 1.80. The molecule has 1 N–H and O–H groups in total. The normalized spacial score (nSPS) is 21.2. The third kappa shape index (κ3) is 5.04. The van der Waals surface area contributed by atoms with Crippen molar-refractivity contribution >= 4 is 11.8 Å². The van der Waals surface area contributed by atoms with Crippen molar-refractivity contribution in [3.8, 4) is 5.75 Å². The van der Waals surface area contributed by atoms with Crippen LogP contribution in [-0.4, -0.2) is 43.9 Å². The number of piperidine rings is 1. The molecule has 0 bridgehead atoms. The topological polar surface area (TPSA) is 24.5 Å². The van der Waals surface area contributed by atoms with Gasteiger partial charge in [-0.15, -0.1) is 11.8 Å². The van der Waals surface area contributed by atoms with E-state index in [9.17, 15) is 0 Å². The average molecular weight is 425 g/mol. The summed E-state index contributed by atoms with van der Waals surface area (Å²) in [6.07, 6.45) is 7.25. The quantitative estimate of drug-likeness (QED) is 0.591. The molecule has 0 amide bonds. The molecule has 4 heteroatoms. The second-order valence-electron chi connectivity index (χ2n) is 8.92. The van der Waals surface area contributed by atoms with Gasteiger partial charge in [0.25, 0.3) is 0 Å². The maximum Gasteiger partial charge on any atom is 0.120 e. The first kappa shape index (κ1) is 21.7. The Hall–Kier alpha value is -1.49. The average Bonchev–Trinajstić information content (AvgIpc) is 2.78. The van der Waals surface area contributed by atoms with Gasteiger partial charge in [-0.2, -0.15) is 0 Å². The zero-order chi connectivity index (χ0) is 20.9. The summed E-state index contributed by atoms with van der Waals surface area (Å²) in [5.74, 6) is 2.16. The highest BCUT2D eigenvalue weighted by Crippen LogP contribution is 2.36. The third-order valence-electron chi connectivity index (χ3n) is 6.71. The van der Waals surface area contributed by atoms with Crippen LogP contribution in [0, 0.1) is 5.92 Å². The van der Waals surface area contributed by atoms with Crippen LogP contribution in [0.4, 0.5) is 0 Å². The molecule has 162 valence electrons. The molecule has 2 aromatic carbocycles. The van der Waals surface area contributed by atoms with Crippen LogP contribution in [0.5, 0.6) is 5.75 Å². The molecule has 0 saturated carbocycles. The molecule has 0 radical (unpaired) electrons. The van der Waals surface area contributed by atoms with Gasteiger partial charge in [0.05, 0.1) is 0 Å². The van der Waals surface area contributed by atoms with Gasteiger partial charge in [0.2, 0.25) is 0 Å². The van der Waals surface area contributed by atoms with E-state index in [0.29, 0.717) is 17.9 Å². The molecule has 2 aliphatic rings. The van der Waals surface area contributed by atoms with Gasteiger partial charge >= 0.3 is 0 Å². The summed E-state index contributed by atoms with van der Waals surface area (Å²) in [6.45, 7) is 6.59. The first-order valence-electron chi connectivity index (χ1n) is 11.5. The summed E-state index contributed by atoms with van der Waals surface area (Å²) in [4.78, 5) is 3.77.